The minimum absolute atomic E-state index is 0.673. The van der Waals surface area contributed by atoms with Gasteiger partial charge >= 0.3 is 0 Å². The molecule has 0 aliphatic carbocycles. The summed E-state index contributed by atoms with van der Waals surface area (Å²) in [6, 6.07) is 10.4. The Morgan fingerprint density at radius 2 is 2.10 bits per heavy atom. The van der Waals surface area contributed by atoms with Crippen molar-refractivity contribution in [2.75, 3.05) is 32.1 Å². The maximum Gasteiger partial charge on any atom is 0.166 e. The molecule has 2 aromatic rings. The molecule has 0 unspecified atom stereocenters. The molecule has 1 aromatic heterocycles. The van der Waals surface area contributed by atoms with Gasteiger partial charge in [0, 0.05) is 39.0 Å². The number of likely N-dealkylation sites (N-methyl/N-ethyl adjacent to an activating group) is 1. The van der Waals surface area contributed by atoms with E-state index in [1.165, 1.54) is 5.56 Å². The van der Waals surface area contributed by atoms with E-state index in [9.17, 15) is 0 Å². The highest BCUT2D eigenvalue weighted by molar-refractivity contribution is 7.80. The number of thiazole rings is 1. The van der Waals surface area contributed by atoms with Gasteiger partial charge in [0.05, 0.1) is 5.01 Å². The molecule has 4 nitrogen and oxygen atoms in total. The van der Waals surface area contributed by atoms with Gasteiger partial charge in [0.1, 0.15) is 5.82 Å². The van der Waals surface area contributed by atoms with Gasteiger partial charge in [-0.2, -0.15) is 0 Å². The van der Waals surface area contributed by atoms with E-state index >= 15 is 0 Å². The summed E-state index contributed by atoms with van der Waals surface area (Å²) >= 11 is 6.75. The first-order chi connectivity index (χ1) is 10.2. The zero-order chi connectivity index (χ0) is 15.1. The third-order valence-electron chi connectivity index (χ3n) is 3.09. The van der Waals surface area contributed by atoms with E-state index in [-0.39, 0.29) is 0 Å². The van der Waals surface area contributed by atoms with E-state index < -0.39 is 0 Å². The predicted molar refractivity (Wildman–Crippen MR) is 94.3 cm³/mol. The van der Waals surface area contributed by atoms with Crippen LogP contribution in [-0.2, 0) is 6.42 Å². The van der Waals surface area contributed by atoms with Crippen LogP contribution < -0.4 is 15.5 Å². The number of hydrogen-bond acceptors (Lipinski definition) is 4. The minimum Gasteiger partial charge on any atom is -0.366 e. The molecule has 2 N–H and O–H groups in total. The molecule has 0 bridgehead atoms. The third kappa shape index (κ3) is 4.99. The van der Waals surface area contributed by atoms with Crippen LogP contribution in [0.4, 0.5) is 5.82 Å². The molecule has 112 valence electrons. The fraction of sp³-hybridized carbons (Fsp3) is 0.333. The first-order valence-corrected chi connectivity index (χ1v) is 8.13. The zero-order valence-corrected chi connectivity index (χ0v) is 13.9. The Hall–Kier alpha value is -1.66. The van der Waals surface area contributed by atoms with Crippen molar-refractivity contribution in [1.29, 1.82) is 0 Å². The van der Waals surface area contributed by atoms with Crippen LogP contribution in [0, 0.1) is 0 Å². The lowest BCUT2D eigenvalue weighted by Gasteiger charge is -2.17. The van der Waals surface area contributed by atoms with Crippen LogP contribution in [0.25, 0.3) is 0 Å². The molecule has 0 radical (unpaired) electrons. The van der Waals surface area contributed by atoms with Crippen molar-refractivity contribution in [3.63, 3.8) is 0 Å². The second kappa shape index (κ2) is 7.95. The highest BCUT2D eigenvalue weighted by atomic mass is 32.1. The Morgan fingerprint density at radius 1 is 1.33 bits per heavy atom. The van der Waals surface area contributed by atoms with Crippen molar-refractivity contribution < 1.29 is 0 Å². The number of thiocarbonyl (C=S) groups is 1. The maximum atomic E-state index is 5.05. The number of nitrogens with one attached hydrogen (secondary N) is 2. The first kappa shape index (κ1) is 15.7. The fourth-order valence-electron chi connectivity index (χ4n) is 1.87. The summed E-state index contributed by atoms with van der Waals surface area (Å²) in [7, 11) is 3.86. The standard InChI is InChI=1S/C15H20N4S2/c1-16-15(20)17-8-9-19(2)13-11-21-14(18-13)10-12-6-4-3-5-7-12/h3-7,11H,8-10H2,1-2H3,(H2,16,17,20). The average molecular weight is 320 g/mol. The molecule has 0 atom stereocenters. The van der Waals surface area contributed by atoms with E-state index in [4.69, 9.17) is 17.2 Å². The van der Waals surface area contributed by atoms with Gasteiger partial charge in [0.2, 0.25) is 0 Å². The molecule has 6 heteroatoms. The van der Waals surface area contributed by atoms with E-state index in [0.29, 0.717) is 5.11 Å². The number of benzene rings is 1. The lowest BCUT2D eigenvalue weighted by molar-refractivity contribution is 0.805. The van der Waals surface area contributed by atoms with Gasteiger partial charge in [-0.15, -0.1) is 11.3 Å². The van der Waals surface area contributed by atoms with Crippen LogP contribution in [0.3, 0.4) is 0 Å². The Labute approximate surface area is 135 Å². The molecule has 0 spiro atoms. The van der Waals surface area contributed by atoms with Gasteiger partial charge in [-0.25, -0.2) is 4.98 Å². The van der Waals surface area contributed by atoms with Crippen LogP contribution in [-0.4, -0.2) is 37.3 Å². The lowest BCUT2D eigenvalue weighted by Crippen LogP contribution is -2.37. The van der Waals surface area contributed by atoms with Crippen LogP contribution in [0.5, 0.6) is 0 Å². The molecule has 0 saturated carbocycles. The molecular formula is C15H20N4S2. The topological polar surface area (TPSA) is 40.2 Å². The minimum atomic E-state index is 0.673. The van der Waals surface area contributed by atoms with Gasteiger partial charge in [-0.1, -0.05) is 30.3 Å². The number of nitrogens with zero attached hydrogens (tertiary/aromatic N) is 2. The summed E-state index contributed by atoms with van der Waals surface area (Å²) in [5.41, 5.74) is 1.29. The van der Waals surface area contributed by atoms with E-state index in [1.54, 1.807) is 11.3 Å². The Balaban J connectivity index is 1.85. The maximum absolute atomic E-state index is 5.05. The molecule has 0 aliphatic rings. The summed E-state index contributed by atoms with van der Waals surface area (Å²) in [5, 5.41) is 9.95. The molecule has 0 aliphatic heterocycles. The van der Waals surface area contributed by atoms with Crippen molar-refractivity contribution in [1.82, 2.24) is 15.6 Å². The van der Waals surface area contributed by atoms with Gasteiger partial charge < -0.3 is 15.5 Å². The summed E-state index contributed by atoms with van der Waals surface area (Å²) in [4.78, 5) is 6.83. The number of aromatic nitrogens is 1. The SMILES string of the molecule is CNC(=S)NCCN(C)c1csc(Cc2ccccc2)n1. The van der Waals surface area contributed by atoms with E-state index in [0.717, 1.165) is 30.3 Å². The zero-order valence-electron chi connectivity index (χ0n) is 12.3. The summed E-state index contributed by atoms with van der Waals surface area (Å²) in [6.45, 7) is 1.65. The second-order valence-corrected chi connectivity index (χ2v) is 6.04. The number of rotatable bonds is 6. The van der Waals surface area contributed by atoms with E-state index in [2.05, 4.69) is 45.2 Å². The Morgan fingerprint density at radius 3 is 2.81 bits per heavy atom. The second-order valence-electron chi connectivity index (χ2n) is 4.69. The largest absolute Gasteiger partial charge is 0.366 e. The predicted octanol–water partition coefficient (Wildman–Crippen LogP) is 2.26. The molecule has 0 amide bonds. The van der Waals surface area contributed by atoms with Gasteiger partial charge in [-0.05, 0) is 17.8 Å². The Bertz CT molecular complexity index is 568. The highest BCUT2D eigenvalue weighted by Crippen LogP contribution is 2.19. The molecule has 21 heavy (non-hydrogen) atoms. The van der Waals surface area contributed by atoms with Crippen molar-refractivity contribution in [2.24, 2.45) is 0 Å². The van der Waals surface area contributed by atoms with Gasteiger partial charge in [-0.3, -0.25) is 0 Å². The van der Waals surface area contributed by atoms with Crippen molar-refractivity contribution in [2.45, 2.75) is 6.42 Å². The molecule has 2 rings (SSSR count). The fourth-order valence-corrected chi connectivity index (χ4v) is 2.84. The monoisotopic (exact) mass is 320 g/mol. The van der Waals surface area contributed by atoms with Crippen molar-refractivity contribution >= 4 is 34.5 Å². The first-order valence-electron chi connectivity index (χ1n) is 6.84. The van der Waals surface area contributed by atoms with Gasteiger partial charge in [0.15, 0.2) is 5.11 Å². The molecule has 0 fully saturated rings. The van der Waals surface area contributed by atoms with Gasteiger partial charge in [0.25, 0.3) is 0 Å². The molecule has 0 saturated heterocycles. The van der Waals surface area contributed by atoms with Crippen LogP contribution in [0.2, 0.25) is 0 Å². The average Bonchev–Trinajstić information content (AvgIpc) is 2.96. The smallest absolute Gasteiger partial charge is 0.166 e. The number of anilines is 1. The third-order valence-corrected chi connectivity index (χ3v) is 4.27. The molecular weight excluding hydrogens is 300 g/mol. The van der Waals surface area contributed by atoms with Crippen LogP contribution in [0.15, 0.2) is 35.7 Å². The van der Waals surface area contributed by atoms with Crippen molar-refractivity contribution in [3.05, 3.63) is 46.3 Å². The summed E-state index contributed by atoms with van der Waals surface area (Å²) in [6.07, 6.45) is 0.890. The summed E-state index contributed by atoms with van der Waals surface area (Å²) < 4.78 is 0. The number of hydrogen-bond donors (Lipinski definition) is 2. The Kier molecular flexibility index (Phi) is 5.95. The summed E-state index contributed by atoms with van der Waals surface area (Å²) in [5.74, 6) is 1.02. The van der Waals surface area contributed by atoms with Crippen LogP contribution >= 0.6 is 23.6 Å². The lowest BCUT2D eigenvalue weighted by atomic mass is 10.2. The molecule has 1 heterocycles. The van der Waals surface area contributed by atoms with Crippen molar-refractivity contribution in [3.8, 4) is 0 Å². The highest BCUT2D eigenvalue weighted by Gasteiger charge is 2.07. The quantitative estimate of drug-likeness (QED) is 0.799. The normalized spacial score (nSPS) is 10.2. The van der Waals surface area contributed by atoms with Crippen LogP contribution in [0.1, 0.15) is 10.6 Å². The van der Waals surface area contributed by atoms with E-state index in [1.807, 2.05) is 20.2 Å². The molecule has 1 aromatic carbocycles.